The second-order valence-electron chi connectivity index (χ2n) is 7.47. The lowest BCUT2D eigenvalue weighted by Crippen LogP contribution is -2.25. The van der Waals surface area contributed by atoms with E-state index < -0.39 is 0 Å². The van der Waals surface area contributed by atoms with Crippen molar-refractivity contribution in [2.45, 2.75) is 25.3 Å². The number of nitrogens with two attached hydrogens (primary N) is 1. The first-order valence-electron chi connectivity index (χ1n) is 10.1. The maximum absolute atomic E-state index is 12.8. The van der Waals surface area contributed by atoms with Crippen molar-refractivity contribution in [1.82, 2.24) is 14.3 Å². The van der Waals surface area contributed by atoms with Crippen LogP contribution in [0, 0.1) is 0 Å². The summed E-state index contributed by atoms with van der Waals surface area (Å²) >= 11 is 0. The number of nitrogens with zero attached hydrogens (tertiary/aromatic N) is 3. The van der Waals surface area contributed by atoms with Crippen molar-refractivity contribution in [1.29, 1.82) is 0 Å². The molecule has 1 aromatic heterocycles. The van der Waals surface area contributed by atoms with Crippen LogP contribution in [-0.4, -0.2) is 34.1 Å². The lowest BCUT2D eigenvalue weighted by atomic mass is 9.90. The van der Waals surface area contributed by atoms with E-state index in [1.165, 1.54) is 21.1 Å². The maximum atomic E-state index is 12.8. The maximum Gasteiger partial charge on any atom is 0.350 e. The number of halogens is 1. The molecule has 1 fully saturated rings. The van der Waals surface area contributed by atoms with E-state index in [0.717, 1.165) is 37.2 Å². The molecule has 3 aromatic rings. The smallest absolute Gasteiger partial charge is 0.350 e. The summed E-state index contributed by atoms with van der Waals surface area (Å²) in [6, 6.07) is 16.3. The fraction of sp³-hybridized carbons (Fsp3) is 0.304. The topological polar surface area (TPSA) is 75.1 Å². The van der Waals surface area contributed by atoms with Crippen LogP contribution in [0.15, 0.2) is 71.6 Å². The van der Waals surface area contributed by atoms with Crippen LogP contribution >= 0.6 is 0 Å². The molecule has 1 aliphatic rings. The number of hydrogen-bond acceptors (Lipinski definition) is 4. The number of aromatic nitrogens is 3. The second-order valence-corrected chi connectivity index (χ2v) is 7.47. The molecule has 0 atom stereocenters. The van der Waals surface area contributed by atoms with E-state index in [4.69, 9.17) is 10.5 Å². The number of hydrogen-bond donors (Lipinski definition) is 1. The van der Waals surface area contributed by atoms with Gasteiger partial charge in [0, 0.05) is 19.8 Å². The van der Waals surface area contributed by atoms with Gasteiger partial charge in [-0.2, -0.15) is 5.10 Å². The summed E-state index contributed by atoms with van der Waals surface area (Å²) in [7, 11) is 0. The Morgan fingerprint density at radius 1 is 1.17 bits per heavy atom. The molecule has 0 bridgehead atoms. The molecule has 2 heterocycles. The Kier molecular flexibility index (Phi) is 6.21. The van der Waals surface area contributed by atoms with E-state index in [1.807, 2.05) is 24.3 Å². The Morgan fingerprint density at radius 2 is 1.93 bits per heavy atom. The van der Waals surface area contributed by atoms with Crippen molar-refractivity contribution in [2.24, 2.45) is 5.73 Å². The second kappa shape index (κ2) is 9.19. The predicted molar refractivity (Wildman–Crippen MR) is 114 cm³/mol. The minimum atomic E-state index is -0.338. The van der Waals surface area contributed by atoms with Gasteiger partial charge < -0.3 is 10.5 Å². The first kappa shape index (κ1) is 20.3. The third-order valence-corrected chi connectivity index (χ3v) is 5.56. The Hall–Kier alpha value is -3.03. The highest BCUT2D eigenvalue weighted by molar-refractivity contribution is 5.66. The third kappa shape index (κ3) is 4.27. The normalized spacial score (nSPS) is 15.5. The predicted octanol–water partition coefficient (Wildman–Crippen LogP) is 3.41. The van der Waals surface area contributed by atoms with Gasteiger partial charge in [0.1, 0.15) is 6.33 Å². The van der Waals surface area contributed by atoms with Gasteiger partial charge in [-0.05, 0) is 53.2 Å². The van der Waals surface area contributed by atoms with E-state index in [9.17, 15) is 9.18 Å². The molecule has 1 aliphatic heterocycles. The highest BCUT2D eigenvalue weighted by Crippen LogP contribution is 2.29. The molecule has 156 valence electrons. The highest BCUT2D eigenvalue weighted by atomic mass is 19.1. The van der Waals surface area contributed by atoms with Crippen LogP contribution < -0.4 is 11.4 Å². The lowest BCUT2D eigenvalue weighted by Gasteiger charge is -2.22. The standard InChI is InChI=1S/C23H25FN4O2/c24-13-17(14-25)15-28-23(29)27(16-26-28)22-3-1-2-21(12-22)19-6-4-18(5-7-19)20-8-10-30-11-9-20/h1-7,12-13,16,20H,8-11,14-15,25H2/b17-13+. The molecule has 2 aromatic carbocycles. The van der Waals surface area contributed by atoms with E-state index in [-0.39, 0.29) is 18.8 Å². The van der Waals surface area contributed by atoms with Crippen LogP contribution in [0.3, 0.4) is 0 Å². The van der Waals surface area contributed by atoms with Crippen molar-refractivity contribution in [3.05, 3.63) is 82.8 Å². The van der Waals surface area contributed by atoms with Crippen LogP contribution in [-0.2, 0) is 11.3 Å². The van der Waals surface area contributed by atoms with Crippen molar-refractivity contribution in [3.8, 4) is 16.8 Å². The van der Waals surface area contributed by atoms with Gasteiger partial charge in [0.2, 0.25) is 0 Å². The zero-order valence-corrected chi connectivity index (χ0v) is 16.7. The molecule has 4 rings (SSSR count). The molecule has 6 nitrogen and oxygen atoms in total. The molecule has 2 N–H and O–H groups in total. The number of ether oxygens (including phenoxy) is 1. The summed E-state index contributed by atoms with van der Waals surface area (Å²) in [5.74, 6) is 0.556. The Balaban J connectivity index is 1.57. The fourth-order valence-electron chi connectivity index (χ4n) is 3.77. The summed E-state index contributed by atoms with van der Waals surface area (Å²) in [6.07, 6.45) is 3.99. The van der Waals surface area contributed by atoms with E-state index in [1.54, 1.807) is 0 Å². The van der Waals surface area contributed by atoms with Crippen molar-refractivity contribution in [3.63, 3.8) is 0 Å². The first-order chi connectivity index (χ1) is 14.7. The molecule has 0 aliphatic carbocycles. The minimum absolute atomic E-state index is 0.0339. The molecular formula is C23H25FN4O2. The largest absolute Gasteiger partial charge is 0.381 e. The average molecular weight is 408 g/mol. The van der Waals surface area contributed by atoms with Gasteiger partial charge in [0.05, 0.1) is 18.6 Å². The molecule has 0 unspecified atom stereocenters. The van der Waals surface area contributed by atoms with Crippen LogP contribution in [0.4, 0.5) is 4.39 Å². The summed E-state index contributed by atoms with van der Waals surface area (Å²) < 4.78 is 20.9. The summed E-state index contributed by atoms with van der Waals surface area (Å²) in [6.45, 7) is 1.72. The molecule has 7 heteroatoms. The van der Waals surface area contributed by atoms with Gasteiger partial charge >= 0.3 is 5.69 Å². The molecule has 0 radical (unpaired) electrons. The van der Waals surface area contributed by atoms with Crippen molar-refractivity contribution >= 4 is 0 Å². The van der Waals surface area contributed by atoms with Gasteiger partial charge in [0.25, 0.3) is 0 Å². The number of benzene rings is 2. The molecule has 0 saturated carbocycles. The van der Waals surface area contributed by atoms with Crippen molar-refractivity contribution < 1.29 is 9.13 Å². The van der Waals surface area contributed by atoms with Crippen molar-refractivity contribution in [2.75, 3.05) is 19.8 Å². The van der Waals surface area contributed by atoms with E-state index in [0.29, 0.717) is 23.5 Å². The first-order valence-corrected chi connectivity index (χ1v) is 10.1. The lowest BCUT2D eigenvalue weighted by molar-refractivity contribution is 0.0853. The zero-order chi connectivity index (χ0) is 20.9. The highest BCUT2D eigenvalue weighted by Gasteiger charge is 2.16. The Labute approximate surface area is 174 Å². The minimum Gasteiger partial charge on any atom is -0.381 e. The average Bonchev–Trinajstić information content (AvgIpc) is 3.18. The molecule has 0 amide bonds. The number of rotatable bonds is 6. The van der Waals surface area contributed by atoms with Crippen LogP contribution in [0.2, 0.25) is 0 Å². The SMILES string of the molecule is NC/C(=C\F)Cn1ncn(-c2cccc(-c3ccc(C4CCOCC4)cc3)c2)c1=O. The van der Waals surface area contributed by atoms with E-state index in [2.05, 4.69) is 29.4 Å². The Morgan fingerprint density at radius 3 is 2.63 bits per heavy atom. The Bertz CT molecular complexity index is 1080. The van der Waals surface area contributed by atoms with Crippen LogP contribution in [0.1, 0.15) is 24.3 Å². The molecule has 1 saturated heterocycles. The quantitative estimate of drug-likeness (QED) is 0.678. The molecule has 0 spiro atoms. The van der Waals surface area contributed by atoms with Crippen LogP contribution in [0.25, 0.3) is 16.8 Å². The van der Waals surface area contributed by atoms with Crippen LogP contribution in [0.5, 0.6) is 0 Å². The van der Waals surface area contributed by atoms with E-state index >= 15 is 0 Å². The van der Waals surface area contributed by atoms with Gasteiger partial charge in [0.15, 0.2) is 0 Å². The third-order valence-electron chi connectivity index (χ3n) is 5.56. The fourth-order valence-corrected chi connectivity index (χ4v) is 3.77. The van der Waals surface area contributed by atoms with Gasteiger partial charge in [-0.15, -0.1) is 0 Å². The molecule has 30 heavy (non-hydrogen) atoms. The van der Waals surface area contributed by atoms with Gasteiger partial charge in [-0.1, -0.05) is 36.4 Å². The summed E-state index contributed by atoms with van der Waals surface area (Å²) in [4.78, 5) is 12.7. The van der Waals surface area contributed by atoms with Gasteiger partial charge in [-0.25, -0.2) is 18.4 Å². The zero-order valence-electron chi connectivity index (χ0n) is 16.7. The molecular weight excluding hydrogens is 383 g/mol. The summed E-state index contributed by atoms with van der Waals surface area (Å²) in [5.41, 5.74) is 9.58. The monoisotopic (exact) mass is 408 g/mol. The van der Waals surface area contributed by atoms with Gasteiger partial charge in [-0.3, -0.25) is 0 Å². The summed E-state index contributed by atoms with van der Waals surface area (Å²) in [5, 5.41) is 4.09.